The van der Waals surface area contributed by atoms with Gasteiger partial charge in [-0.3, -0.25) is 14.9 Å². The highest BCUT2D eigenvalue weighted by Crippen LogP contribution is 2.19. The Morgan fingerprint density at radius 1 is 1.03 bits per heavy atom. The minimum absolute atomic E-state index is 0.0543. The summed E-state index contributed by atoms with van der Waals surface area (Å²) in [4.78, 5) is 29.3. The zero-order chi connectivity index (χ0) is 22.2. The van der Waals surface area contributed by atoms with Crippen LogP contribution in [0, 0.1) is 0 Å². The Bertz CT molecular complexity index is 984. The molecular weight excluding hydrogens is 412 g/mol. The van der Waals surface area contributed by atoms with Gasteiger partial charge in [-0.2, -0.15) is 0 Å². The summed E-state index contributed by atoms with van der Waals surface area (Å²) in [7, 11) is 3.62. The largest absolute Gasteiger partial charge is 0.496 e. The van der Waals surface area contributed by atoms with E-state index in [4.69, 9.17) is 17.0 Å². The number of piperazine rings is 1. The highest BCUT2D eigenvalue weighted by atomic mass is 32.1. The van der Waals surface area contributed by atoms with Crippen molar-refractivity contribution in [2.24, 2.45) is 0 Å². The monoisotopic (exact) mass is 438 g/mol. The molecule has 1 saturated heterocycles. The molecule has 3 rings (SSSR count). The van der Waals surface area contributed by atoms with E-state index in [1.165, 1.54) is 6.08 Å². The van der Waals surface area contributed by atoms with Crippen LogP contribution in [0.15, 0.2) is 54.6 Å². The molecule has 1 heterocycles. The summed E-state index contributed by atoms with van der Waals surface area (Å²) in [5, 5.41) is 5.70. The predicted octanol–water partition coefficient (Wildman–Crippen LogP) is 2.61. The summed E-state index contributed by atoms with van der Waals surface area (Å²) in [5.41, 5.74) is 1.86. The highest BCUT2D eigenvalue weighted by Gasteiger charge is 2.22. The van der Waals surface area contributed by atoms with Gasteiger partial charge in [-0.1, -0.05) is 30.3 Å². The van der Waals surface area contributed by atoms with Crippen LogP contribution >= 0.6 is 12.2 Å². The van der Waals surface area contributed by atoms with E-state index in [0.717, 1.165) is 18.7 Å². The first-order chi connectivity index (χ1) is 15.0. The number of hydrogen-bond donors (Lipinski definition) is 2. The van der Waals surface area contributed by atoms with Crippen molar-refractivity contribution in [3.8, 4) is 5.75 Å². The van der Waals surface area contributed by atoms with Crippen LogP contribution in [0.3, 0.4) is 0 Å². The van der Waals surface area contributed by atoms with Gasteiger partial charge in [0.2, 0.25) is 5.91 Å². The topological polar surface area (TPSA) is 73.9 Å². The van der Waals surface area contributed by atoms with Crippen molar-refractivity contribution in [2.75, 3.05) is 45.7 Å². The number of nitrogens with one attached hydrogen (secondary N) is 2. The zero-order valence-corrected chi connectivity index (χ0v) is 18.4. The average molecular weight is 439 g/mol. The maximum Gasteiger partial charge on any atom is 0.256 e. The van der Waals surface area contributed by atoms with Crippen LogP contribution in [0.25, 0.3) is 6.08 Å². The van der Waals surface area contributed by atoms with E-state index in [2.05, 4.69) is 15.5 Å². The number of amides is 2. The number of hydrogen-bond acceptors (Lipinski definition) is 5. The van der Waals surface area contributed by atoms with Crippen LogP contribution in [0.4, 0.5) is 5.69 Å². The van der Waals surface area contributed by atoms with Crippen molar-refractivity contribution in [3.63, 3.8) is 0 Å². The van der Waals surface area contributed by atoms with Crippen LogP contribution in [-0.2, 0) is 4.79 Å². The van der Waals surface area contributed by atoms with Crippen molar-refractivity contribution in [1.29, 1.82) is 0 Å². The summed E-state index contributed by atoms with van der Waals surface area (Å²) in [6.45, 7) is 3.04. The van der Waals surface area contributed by atoms with Crippen LogP contribution in [-0.4, -0.2) is 67.1 Å². The van der Waals surface area contributed by atoms with E-state index >= 15 is 0 Å². The van der Waals surface area contributed by atoms with Crippen LogP contribution in [0.1, 0.15) is 15.9 Å². The van der Waals surface area contributed by atoms with E-state index in [-0.39, 0.29) is 16.9 Å². The molecule has 0 unspecified atom stereocenters. The van der Waals surface area contributed by atoms with Gasteiger partial charge in [-0.05, 0) is 43.5 Å². The molecule has 2 amide bonds. The second-order valence-corrected chi connectivity index (χ2v) is 7.57. The first-order valence-electron chi connectivity index (χ1n) is 9.98. The Kier molecular flexibility index (Phi) is 7.75. The molecule has 0 radical (unpaired) electrons. The number of likely N-dealkylation sites (N-methyl/N-ethyl adjacent to an activating group) is 1. The molecule has 8 heteroatoms. The normalized spacial score (nSPS) is 14.3. The lowest BCUT2D eigenvalue weighted by atomic mass is 10.1. The number of methoxy groups -OCH3 is 1. The summed E-state index contributed by atoms with van der Waals surface area (Å²) in [5.74, 6) is 0.233. The third kappa shape index (κ3) is 6.13. The standard InChI is InChI=1S/C23H26N4O3S/c1-26-13-15-27(16-14-26)22(29)18-8-4-5-9-19(18)24-23(31)25-21(28)12-11-17-7-3-6-10-20(17)30-2/h3-12H,13-16H2,1-2H3,(H2,24,25,28,31)/b12-11+. The number of nitrogens with zero attached hydrogens (tertiary/aromatic N) is 2. The van der Waals surface area contributed by atoms with Crippen LogP contribution < -0.4 is 15.4 Å². The molecule has 1 fully saturated rings. The third-order valence-electron chi connectivity index (χ3n) is 4.99. The summed E-state index contributed by atoms with van der Waals surface area (Å²) >= 11 is 5.28. The highest BCUT2D eigenvalue weighted by molar-refractivity contribution is 7.80. The molecule has 2 aromatic rings. The molecule has 7 nitrogen and oxygen atoms in total. The Balaban J connectivity index is 1.62. The molecule has 2 N–H and O–H groups in total. The molecule has 31 heavy (non-hydrogen) atoms. The number of anilines is 1. The second kappa shape index (κ2) is 10.7. The molecule has 0 aliphatic carbocycles. The summed E-state index contributed by atoms with van der Waals surface area (Å²) in [6, 6.07) is 14.5. The Morgan fingerprint density at radius 3 is 2.45 bits per heavy atom. The number of carbonyl (C=O) groups excluding carboxylic acids is 2. The van der Waals surface area contributed by atoms with Gasteiger partial charge in [0.1, 0.15) is 5.75 Å². The fourth-order valence-corrected chi connectivity index (χ4v) is 3.45. The van der Waals surface area contributed by atoms with Gasteiger partial charge in [0.15, 0.2) is 5.11 Å². The van der Waals surface area contributed by atoms with Crippen LogP contribution in [0.5, 0.6) is 5.75 Å². The Labute approximate surface area is 187 Å². The van der Waals surface area contributed by atoms with Gasteiger partial charge in [0.25, 0.3) is 5.91 Å². The molecule has 0 spiro atoms. The van der Waals surface area contributed by atoms with Gasteiger partial charge in [-0.25, -0.2) is 0 Å². The molecule has 2 aromatic carbocycles. The first-order valence-corrected chi connectivity index (χ1v) is 10.4. The number of ether oxygens (including phenoxy) is 1. The molecule has 0 atom stereocenters. The van der Waals surface area contributed by atoms with Crippen LogP contribution in [0.2, 0.25) is 0 Å². The SMILES string of the molecule is COc1ccccc1/C=C/C(=O)NC(=S)Nc1ccccc1C(=O)N1CCN(C)CC1. The molecule has 162 valence electrons. The van der Waals surface area contributed by atoms with E-state index < -0.39 is 0 Å². The maximum atomic E-state index is 13.0. The summed E-state index contributed by atoms with van der Waals surface area (Å²) in [6.07, 6.45) is 3.04. The lowest BCUT2D eigenvalue weighted by molar-refractivity contribution is -0.115. The van der Waals surface area contributed by atoms with Gasteiger partial charge < -0.3 is 19.9 Å². The number of benzene rings is 2. The third-order valence-corrected chi connectivity index (χ3v) is 5.19. The fourth-order valence-electron chi connectivity index (χ4n) is 3.24. The van der Waals surface area contributed by atoms with Crippen molar-refractivity contribution in [2.45, 2.75) is 0 Å². The first kappa shape index (κ1) is 22.5. The second-order valence-electron chi connectivity index (χ2n) is 7.16. The predicted molar refractivity (Wildman–Crippen MR) is 126 cm³/mol. The number of thiocarbonyl (C=S) groups is 1. The quantitative estimate of drug-likeness (QED) is 0.552. The molecule has 0 bridgehead atoms. The number of carbonyl (C=O) groups is 2. The Morgan fingerprint density at radius 2 is 1.71 bits per heavy atom. The zero-order valence-electron chi connectivity index (χ0n) is 17.6. The average Bonchev–Trinajstić information content (AvgIpc) is 2.78. The number of rotatable bonds is 5. The van der Waals surface area contributed by atoms with Gasteiger partial charge in [0, 0.05) is 37.8 Å². The Hall–Kier alpha value is -3.23. The minimum atomic E-state index is -0.383. The smallest absolute Gasteiger partial charge is 0.256 e. The van der Waals surface area contributed by atoms with E-state index in [1.807, 2.05) is 48.3 Å². The molecule has 0 saturated carbocycles. The van der Waals surface area contributed by atoms with Crippen molar-refractivity contribution in [1.82, 2.24) is 15.1 Å². The van der Waals surface area contributed by atoms with Crippen molar-refractivity contribution in [3.05, 3.63) is 65.7 Å². The number of para-hydroxylation sites is 2. The minimum Gasteiger partial charge on any atom is -0.496 e. The fraction of sp³-hybridized carbons (Fsp3) is 0.261. The van der Waals surface area contributed by atoms with Crippen molar-refractivity contribution < 1.29 is 14.3 Å². The van der Waals surface area contributed by atoms with Gasteiger partial charge in [-0.15, -0.1) is 0 Å². The molecule has 1 aliphatic rings. The van der Waals surface area contributed by atoms with E-state index in [0.29, 0.717) is 30.1 Å². The maximum absolute atomic E-state index is 13.0. The molecule has 0 aromatic heterocycles. The van der Waals surface area contributed by atoms with Gasteiger partial charge >= 0.3 is 0 Å². The molecule has 1 aliphatic heterocycles. The van der Waals surface area contributed by atoms with E-state index in [1.54, 1.807) is 25.3 Å². The van der Waals surface area contributed by atoms with Gasteiger partial charge in [0.05, 0.1) is 18.4 Å². The molecular formula is C23H26N4O3S. The van der Waals surface area contributed by atoms with Crippen molar-refractivity contribution >= 4 is 40.9 Å². The summed E-state index contributed by atoms with van der Waals surface area (Å²) < 4.78 is 5.27. The lowest BCUT2D eigenvalue weighted by Gasteiger charge is -2.32. The van der Waals surface area contributed by atoms with E-state index in [9.17, 15) is 9.59 Å². The lowest BCUT2D eigenvalue weighted by Crippen LogP contribution is -2.47.